The van der Waals surface area contributed by atoms with Gasteiger partial charge >= 0.3 is 0 Å². The van der Waals surface area contributed by atoms with E-state index in [1.807, 2.05) is 13.0 Å². The summed E-state index contributed by atoms with van der Waals surface area (Å²) < 4.78 is 0. The molecular formula is C9H17NO. The van der Waals surface area contributed by atoms with Crippen LogP contribution < -0.4 is 5.32 Å². The van der Waals surface area contributed by atoms with Crippen molar-refractivity contribution in [1.82, 2.24) is 5.32 Å². The zero-order valence-corrected chi connectivity index (χ0v) is 7.39. The van der Waals surface area contributed by atoms with E-state index >= 15 is 0 Å². The van der Waals surface area contributed by atoms with Gasteiger partial charge < -0.3 is 5.32 Å². The van der Waals surface area contributed by atoms with E-state index in [-0.39, 0.29) is 11.8 Å². The highest BCUT2D eigenvalue weighted by atomic mass is 16.1. The summed E-state index contributed by atoms with van der Waals surface area (Å²) in [7, 11) is 1.80. The van der Waals surface area contributed by atoms with Crippen molar-refractivity contribution in [2.24, 2.45) is 0 Å². The van der Waals surface area contributed by atoms with Crippen molar-refractivity contribution in [2.75, 3.05) is 7.05 Å². The van der Waals surface area contributed by atoms with E-state index in [4.69, 9.17) is 0 Å². The second kappa shape index (κ2) is 6.10. The van der Waals surface area contributed by atoms with Crippen molar-refractivity contribution in [3.05, 3.63) is 12.7 Å². The topological polar surface area (TPSA) is 29.1 Å². The molecule has 11 heavy (non-hydrogen) atoms. The SMILES string of the molecule is C=CCCCC(=O)C(C)NC. The maximum atomic E-state index is 11.2. The van der Waals surface area contributed by atoms with Gasteiger partial charge in [-0.25, -0.2) is 0 Å². The lowest BCUT2D eigenvalue weighted by molar-refractivity contribution is -0.120. The molecule has 0 fully saturated rings. The lowest BCUT2D eigenvalue weighted by Gasteiger charge is -2.07. The molecule has 1 unspecified atom stereocenters. The van der Waals surface area contributed by atoms with Crippen molar-refractivity contribution < 1.29 is 4.79 Å². The molecule has 0 aromatic rings. The van der Waals surface area contributed by atoms with Gasteiger partial charge in [-0.05, 0) is 26.8 Å². The molecule has 0 saturated carbocycles. The fourth-order valence-electron chi connectivity index (χ4n) is 0.798. The lowest BCUT2D eigenvalue weighted by Crippen LogP contribution is -2.30. The van der Waals surface area contributed by atoms with Crippen molar-refractivity contribution in [3.63, 3.8) is 0 Å². The molecule has 0 bridgehead atoms. The molecule has 0 aromatic heterocycles. The molecule has 0 aromatic carbocycles. The van der Waals surface area contributed by atoms with Crippen LogP contribution >= 0.6 is 0 Å². The van der Waals surface area contributed by atoms with Crippen LogP contribution in [0.15, 0.2) is 12.7 Å². The monoisotopic (exact) mass is 155 g/mol. The summed E-state index contributed by atoms with van der Waals surface area (Å²) in [6, 6.07) is -0.000171. The Bertz CT molecular complexity index is 132. The smallest absolute Gasteiger partial charge is 0.149 e. The molecule has 2 heteroatoms. The first kappa shape index (κ1) is 10.4. The van der Waals surface area contributed by atoms with E-state index in [9.17, 15) is 4.79 Å². The van der Waals surface area contributed by atoms with Gasteiger partial charge in [-0.3, -0.25) is 4.79 Å². The van der Waals surface area contributed by atoms with Crippen LogP contribution in [0.3, 0.4) is 0 Å². The first-order chi connectivity index (χ1) is 5.22. The molecule has 0 heterocycles. The quantitative estimate of drug-likeness (QED) is 0.465. The maximum Gasteiger partial charge on any atom is 0.149 e. The minimum atomic E-state index is -0.000171. The molecule has 64 valence electrons. The van der Waals surface area contributed by atoms with Crippen molar-refractivity contribution in [1.29, 1.82) is 0 Å². The molecule has 0 radical (unpaired) electrons. The van der Waals surface area contributed by atoms with Gasteiger partial charge in [0.25, 0.3) is 0 Å². The Balaban J connectivity index is 3.43. The minimum Gasteiger partial charge on any atom is -0.311 e. The van der Waals surface area contributed by atoms with E-state index in [0.717, 1.165) is 12.8 Å². The molecule has 1 N–H and O–H groups in total. The van der Waals surface area contributed by atoms with Crippen LogP contribution in [0.1, 0.15) is 26.2 Å². The second-order valence-electron chi connectivity index (χ2n) is 2.66. The first-order valence-electron chi connectivity index (χ1n) is 4.03. The third-order valence-electron chi connectivity index (χ3n) is 1.75. The van der Waals surface area contributed by atoms with Crippen molar-refractivity contribution >= 4 is 5.78 Å². The summed E-state index contributed by atoms with van der Waals surface area (Å²) in [5.41, 5.74) is 0. The largest absolute Gasteiger partial charge is 0.311 e. The van der Waals surface area contributed by atoms with Crippen LogP contribution in [-0.2, 0) is 4.79 Å². The highest BCUT2D eigenvalue weighted by molar-refractivity contribution is 5.83. The number of hydrogen-bond donors (Lipinski definition) is 1. The van der Waals surface area contributed by atoms with Gasteiger partial charge in [-0.2, -0.15) is 0 Å². The fourth-order valence-corrected chi connectivity index (χ4v) is 0.798. The van der Waals surface area contributed by atoms with Crippen LogP contribution in [-0.4, -0.2) is 18.9 Å². The number of unbranched alkanes of at least 4 members (excludes halogenated alkanes) is 1. The Morgan fingerprint density at radius 3 is 2.82 bits per heavy atom. The number of likely N-dealkylation sites (N-methyl/N-ethyl adjacent to an activating group) is 1. The third kappa shape index (κ3) is 4.73. The molecule has 0 spiro atoms. The predicted molar refractivity (Wildman–Crippen MR) is 47.6 cm³/mol. The van der Waals surface area contributed by atoms with Crippen LogP contribution in [0.2, 0.25) is 0 Å². The van der Waals surface area contributed by atoms with E-state index in [1.54, 1.807) is 7.05 Å². The van der Waals surface area contributed by atoms with Gasteiger partial charge in [0, 0.05) is 6.42 Å². The molecule has 1 atom stereocenters. The summed E-state index contributed by atoms with van der Waals surface area (Å²) in [6.45, 7) is 5.48. The van der Waals surface area contributed by atoms with Gasteiger partial charge in [0.15, 0.2) is 0 Å². The molecular weight excluding hydrogens is 138 g/mol. The highest BCUT2D eigenvalue weighted by Gasteiger charge is 2.08. The van der Waals surface area contributed by atoms with Gasteiger partial charge in [-0.15, -0.1) is 6.58 Å². The predicted octanol–water partition coefficient (Wildman–Crippen LogP) is 1.52. The number of rotatable bonds is 6. The lowest BCUT2D eigenvalue weighted by atomic mass is 10.1. The number of ketones is 1. The van der Waals surface area contributed by atoms with Gasteiger partial charge in [0.05, 0.1) is 6.04 Å². The maximum absolute atomic E-state index is 11.2. The molecule has 0 aliphatic carbocycles. The summed E-state index contributed by atoms with van der Waals surface area (Å²) in [5, 5.41) is 2.92. The van der Waals surface area contributed by atoms with E-state index in [0.29, 0.717) is 6.42 Å². The minimum absolute atomic E-state index is 0.000171. The molecule has 0 amide bonds. The van der Waals surface area contributed by atoms with Crippen LogP contribution in [0.4, 0.5) is 0 Å². The Morgan fingerprint density at radius 1 is 1.73 bits per heavy atom. The number of allylic oxidation sites excluding steroid dienone is 1. The first-order valence-corrected chi connectivity index (χ1v) is 4.03. The molecule has 0 saturated heterocycles. The van der Waals surface area contributed by atoms with Gasteiger partial charge in [-0.1, -0.05) is 6.08 Å². The Kier molecular flexibility index (Phi) is 5.75. The number of carbonyl (C=O) groups excluding carboxylic acids is 1. The number of nitrogens with one attached hydrogen (secondary N) is 1. The zero-order valence-electron chi connectivity index (χ0n) is 7.39. The van der Waals surface area contributed by atoms with Gasteiger partial charge in [0.2, 0.25) is 0 Å². The molecule has 2 nitrogen and oxygen atoms in total. The number of Topliss-reactive ketones (excluding diaryl/α,β-unsaturated/α-hetero) is 1. The molecule has 0 aliphatic heterocycles. The zero-order chi connectivity index (χ0) is 8.69. The van der Waals surface area contributed by atoms with Crippen LogP contribution in [0.25, 0.3) is 0 Å². The van der Waals surface area contributed by atoms with E-state index < -0.39 is 0 Å². The average Bonchev–Trinajstić information content (AvgIpc) is 2.03. The number of carbonyl (C=O) groups is 1. The van der Waals surface area contributed by atoms with Gasteiger partial charge in [0.1, 0.15) is 5.78 Å². The Morgan fingerprint density at radius 2 is 2.36 bits per heavy atom. The summed E-state index contributed by atoms with van der Waals surface area (Å²) in [4.78, 5) is 11.2. The highest BCUT2D eigenvalue weighted by Crippen LogP contribution is 1.99. The summed E-state index contributed by atoms with van der Waals surface area (Å²) >= 11 is 0. The standard InChI is InChI=1S/C9H17NO/c1-4-5-6-7-9(11)8(2)10-3/h4,8,10H,1,5-7H2,2-3H3. The molecule has 0 aliphatic rings. The molecule has 0 rings (SSSR count). The van der Waals surface area contributed by atoms with E-state index in [2.05, 4.69) is 11.9 Å². The number of hydrogen-bond acceptors (Lipinski definition) is 2. The van der Waals surface area contributed by atoms with Crippen LogP contribution in [0.5, 0.6) is 0 Å². The fraction of sp³-hybridized carbons (Fsp3) is 0.667. The van der Waals surface area contributed by atoms with Crippen LogP contribution in [0, 0.1) is 0 Å². The average molecular weight is 155 g/mol. The third-order valence-corrected chi connectivity index (χ3v) is 1.75. The normalized spacial score (nSPS) is 12.5. The summed E-state index contributed by atoms with van der Waals surface area (Å²) in [6.07, 6.45) is 4.36. The Hall–Kier alpha value is -0.630. The van der Waals surface area contributed by atoms with Crippen molar-refractivity contribution in [2.45, 2.75) is 32.2 Å². The Labute approximate surface area is 68.7 Å². The summed E-state index contributed by atoms with van der Waals surface area (Å²) in [5.74, 6) is 0.286. The van der Waals surface area contributed by atoms with E-state index in [1.165, 1.54) is 0 Å². The second-order valence-corrected chi connectivity index (χ2v) is 2.66. The van der Waals surface area contributed by atoms with Crippen molar-refractivity contribution in [3.8, 4) is 0 Å².